The normalized spacial score (nSPS) is 12.2. The average molecular weight is 582 g/mol. The van der Waals surface area contributed by atoms with Crippen LogP contribution in [0.2, 0.25) is 5.02 Å². The molecule has 3 nitrogen and oxygen atoms in total. The molecular weight excluding hydrogens is 558 g/mol. The van der Waals surface area contributed by atoms with Gasteiger partial charge >= 0.3 is 0 Å². The molecule has 10 rings (SSSR count). The van der Waals surface area contributed by atoms with Crippen molar-refractivity contribution in [3.8, 4) is 11.4 Å². The third-order valence-electron chi connectivity index (χ3n) is 9.30. The molecule has 10 aromatic rings. The van der Waals surface area contributed by atoms with E-state index in [-0.39, 0.29) is 0 Å². The molecule has 0 aliphatic heterocycles. The number of hydrogen-bond donors (Lipinski definition) is 1. The van der Waals surface area contributed by atoms with Crippen molar-refractivity contribution < 1.29 is 0 Å². The van der Waals surface area contributed by atoms with E-state index in [0.29, 0.717) is 0 Å². The van der Waals surface area contributed by atoms with Crippen molar-refractivity contribution in [1.82, 2.24) is 14.1 Å². The number of H-pyrrole nitrogens is 1. The summed E-state index contributed by atoms with van der Waals surface area (Å²) < 4.78 is 4.83. The highest BCUT2D eigenvalue weighted by Crippen LogP contribution is 2.42. The van der Waals surface area contributed by atoms with Crippen molar-refractivity contribution in [3.63, 3.8) is 0 Å². The average Bonchev–Trinajstić information content (AvgIpc) is 3.72. The Kier molecular flexibility index (Phi) is 4.78. The highest BCUT2D eigenvalue weighted by Gasteiger charge is 2.20. The molecule has 0 bridgehead atoms. The molecule has 0 spiro atoms. The van der Waals surface area contributed by atoms with Gasteiger partial charge < -0.3 is 14.1 Å². The lowest BCUT2D eigenvalue weighted by molar-refractivity contribution is 1.14. The molecule has 0 fully saturated rings. The Labute approximate surface area is 257 Å². The molecule has 0 saturated carbocycles. The number of nitrogens with one attached hydrogen (secondary N) is 1. The van der Waals surface area contributed by atoms with Gasteiger partial charge in [-0.1, -0.05) is 109 Å². The van der Waals surface area contributed by atoms with Crippen LogP contribution in [0.5, 0.6) is 0 Å². The van der Waals surface area contributed by atoms with Crippen molar-refractivity contribution in [1.29, 1.82) is 0 Å². The van der Waals surface area contributed by atoms with Gasteiger partial charge in [0.2, 0.25) is 0 Å². The minimum absolute atomic E-state index is 0.751. The molecule has 4 heteroatoms. The first-order chi connectivity index (χ1) is 21.8. The molecule has 7 aromatic carbocycles. The van der Waals surface area contributed by atoms with Crippen LogP contribution in [0, 0.1) is 0 Å². The lowest BCUT2D eigenvalue weighted by Gasteiger charge is -2.14. The lowest BCUT2D eigenvalue weighted by atomic mass is 10.0. The zero-order valence-corrected chi connectivity index (χ0v) is 24.3. The summed E-state index contributed by atoms with van der Waals surface area (Å²) in [5.74, 6) is 0. The number of para-hydroxylation sites is 4. The number of rotatable bonds is 2. The van der Waals surface area contributed by atoms with Gasteiger partial charge in [0, 0.05) is 43.4 Å². The maximum atomic E-state index is 6.87. The Hall–Kier alpha value is -5.51. The predicted molar refractivity (Wildman–Crippen MR) is 187 cm³/mol. The van der Waals surface area contributed by atoms with E-state index in [0.717, 1.165) is 49.0 Å². The van der Waals surface area contributed by atoms with Crippen LogP contribution in [0.25, 0.3) is 87.6 Å². The van der Waals surface area contributed by atoms with Gasteiger partial charge in [0.05, 0.1) is 43.8 Å². The van der Waals surface area contributed by atoms with Crippen molar-refractivity contribution >= 4 is 87.8 Å². The van der Waals surface area contributed by atoms with Crippen molar-refractivity contribution in [3.05, 3.63) is 145 Å². The molecule has 0 aliphatic rings. The minimum atomic E-state index is 0.751. The van der Waals surface area contributed by atoms with E-state index >= 15 is 0 Å². The summed E-state index contributed by atoms with van der Waals surface area (Å²) in [7, 11) is 0. The van der Waals surface area contributed by atoms with E-state index in [1.807, 2.05) is 12.1 Å². The smallest absolute Gasteiger partial charge is 0.0724 e. The molecule has 0 unspecified atom stereocenters. The Morgan fingerprint density at radius 2 is 0.977 bits per heavy atom. The van der Waals surface area contributed by atoms with E-state index in [1.165, 1.54) is 43.6 Å². The monoisotopic (exact) mass is 581 g/mol. The van der Waals surface area contributed by atoms with E-state index in [2.05, 4.69) is 142 Å². The van der Waals surface area contributed by atoms with E-state index in [9.17, 15) is 0 Å². The SMILES string of the molecule is Clc1cccc2ccc3c4cc(-n5c6ccccc6c6ccccc65)cc(-n5c6ccccc6c6ccccc65)c4[nH]c3c12. The van der Waals surface area contributed by atoms with Crippen LogP contribution in [-0.2, 0) is 0 Å². The van der Waals surface area contributed by atoms with Gasteiger partial charge in [0.1, 0.15) is 0 Å². The number of benzene rings is 7. The zero-order chi connectivity index (χ0) is 28.9. The molecule has 1 N–H and O–H groups in total. The molecule has 0 atom stereocenters. The van der Waals surface area contributed by atoms with Gasteiger partial charge in [-0.15, -0.1) is 0 Å². The van der Waals surface area contributed by atoms with Crippen LogP contribution < -0.4 is 0 Å². The van der Waals surface area contributed by atoms with Crippen LogP contribution in [0.4, 0.5) is 0 Å². The topological polar surface area (TPSA) is 25.6 Å². The summed E-state index contributed by atoms with van der Waals surface area (Å²) in [5, 5.41) is 10.2. The first-order valence-corrected chi connectivity index (χ1v) is 15.3. The standard InChI is InChI=1S/C40H24ClN3/c41-32-15-9-10-24-20-21-30-31-22-25(43-33-16-5-1-11-26(33)27-12-2-6-17-34(27)43)23-37(39(31)42-40(30)38(24)32)44-35-18-7-3-13-28(35)29-14-4-8-19-36(29)44/h1-23,42H. The molecule has 44 heavy (non-hydrogen) atoms. The molecule has 206 valence electrons. The lowest BCUT2D eigenvalue weighted by Crippen LogP contribution is -2.00. The highest BCUT2D eigenvalue weighted by molar-refractivity contribution is 6.38. The number of fused-ring (bicyclic) bond motifs is 11. The summed E-state index contributed by atoms with van der Waals surface area (Å²) in [4.78, 5) is 3.88. The van der Waals surface area contributed by atoms with Crippen LogP contribution in [0.3, 0.4) is 0 Å². The Morgan fingerprint density at radius 1 is 0.432 bits per heavy atom. The molecule has 0 amide bonds. The summed E-state index contributed by atoms with van der Waals surface area (Å²) in [5.41, 5.74) is 9.10. The maximum absolute atomic E-state index is 6.87. The largest absolute Gasteiger partial charge is 0.352 e. The van der Waals surface area contributed by atoms with Crippen LogP contribution in [0.1, 0.15) is 0 Å². The molecular formula is C40H24ClN3. The number of halogens is 1. The molecule has 3 aromatic heterocycles. The fraction of sp³-hybridized carbons (Fsp3) is 0. The van der Waals surface area contributed by atoms with Gasteiger partial charge in [0.25, 0.3) is 0 Å². The summed E-state index contributed by atoms with van der Waals surface area (Å²) in [6, 6.07) is 50.0. The number of aromatic nitrogens is 3. The fourth-order valence-corrected chi connectivity index (χ4v) is 7.73. The fourth-order valence-electron chi connectivity index (χ4n) is 7.46. The zero-order valence-electron chi connectivity index (χ0n) is 23.6. The van der Waals surface area contributed by atoms with Crippen LogP contribution in [-0.4, -0.2) is 14.1 Å². The Morgan fingerprint density at radius 3 is 1.57 bits per heavy atom. The maximum Gasteiger partial charge on any atom is 0.0724 e. The number of hydrogen-bond acceptors (Lipinski definition) is 0. The number of aromatic amines is 1. The Bertz CT molecular complexity index is 2690. The van der Waals surface area contributed by atoms with Crippen molar-refractivity contribution in [2.24, 2.45) is 0 Å². The van der Waals surface area contributed by atoms with Gasteiger partial charge in [0.15, 0.2) is 0 Å². The Balaban J connectivity index is 1.44. The molecule has 3 heterocycles. The first kappa shape index (κ1) is 24.0. The molecule has 0 saturated heterocycles. The van der Waals surface area contributed by atoms with Crippen LogP contribution >= 0.6 is 11.6 Å². The number of nitrogens with zero attached hydrogens (tertiary/aromatic N) is 2. The van der Waals surface area contributed by atoms with Crippen LogP contribution in [0.15, 0.2) is 140 Å². The van der Waals surface area contributed by atoms with Gasteiger partial charge in [-0.05, 0) is 47.9 Å². The second kappa shape index (κ2) is 8.76. The molecule has 0 radical (unpaired) electrons. The summed E-state index contributed by atoms with van der Waals surface area (Å²) in [6.45, 7) is 0. The summed E-state index contributed by atoms with van der Waals surface area (Å²) in [6.07, 6.45) is 0. The quantitative estimate of drug-likeness (QED) is 0.210. The second-order valence-corrected chi connectivity index (χ2v) is 12.0. The van der Waals surface area contributed by atoms with Crippen molar-refractivity contribution in [2.45, 2.75) is 0 Å². The van der Waals surface area contributed by atoms with E-state index in [4.69, 9.17) is 11.6 Å². The van der Waals surface area contributed by atoms with Gasteiger partial charge in [-0.2, -0.15) is 0 Å². The predicted octanol–water partition coefficient (Wildman–Crippen LogP) is 11.3. The minimum Gasteiger partial charge on any atom is -0.352 e. The van der Waals surface area contributed by atoms with Gasteiger partial charge in [-0.25, -0.2) is 0 Å². The van der Waals surface area contributed by atoms with E-state index in [1.54, 1.807) is 0 Å². The highest BCUT2D eigenvalue weighted by atomic mass is 35.5. The third-order valence-corrected chi connectivity index (χ3v) is 9.61. The van der Waals surface area contributed by atoms with Gasteiger partial charge in [-0.3, -0.25) is 0 Å². The second-order valence-electron chi connectivity index (χ2n) is 11.6. The third kappa shape index (κ3) is 3.11. The van der Waals surface area contributed by atoms with E-state index < -0.39 is 0 Å². The first-order valence-electron chi connectivity index (χ1n) is 14.9. The van der Waals surface area contributed by atoms with Crippen molar-refractivity contribution in [2.75, 3.05) is 0 Å². The summed E-state index contributed by atoms with van der Waals surface area (Å²) >= 11 is 6.87. The molecule has 0 aliphatic carbocycles.